The number of hydrogen-bond acceptors (Lipinski definition) is 4. The van der Waals surface area contributed by atoms with Gasteiger partial charge in [-0.05, 0) is 36.8 Å². The number of nitrogens with zero attached hydrogens (tertiary/aromatic N) is 3. The van der Waals surface area contributed by atoms with Gasteiger partial charge in [0.25, 0.3) is 0 Å². The van der Waals surface area contributed by atoms with E-state index in [4.69, 9.17) is 16.3 Å². The third-order valence-electron chi connectivity index (χ3n) is 3.58. The van der Waals surface area contributed by atoms with Crippen LogP contribution in [0.2, 0.25) is 5.02 Å². The minimum atomic E-state index is -0.387. The van der Waals surface area contributed by atoms with Gasteiger partial charge in [-0.25, -0.2) is 4.39 Å². The molecule has 1 aromatic heterocycles. The molecule has 2 aromatic carbocycles. The number of thioether (sulfide) groups is 1. The first kappa shape index (κ1) is 17.8. The highest BCUT2D eigenvalue weighted by molar-refractivity contribution is 7.98. The Morgan fingerprint density at radius 2 is 1.88 bits per heavy atom. The summed E-state index contributed by atoms with van der Waals surface area (Å²) in [5.74, 6) is 1.26. The first-order valence-corrected chi connectivity index (χ1v) is 9.20. The highest BCUT2D eigenvalue weighted by atomic mass is 35.5. The molecular formula is C18H17ClFN3OS. The Hall–Kier alpha value is -2.05. The summed E-state index contributed by atoms with van der Waals surface area (Å²) >= 11 is 7.50. The Balaban J connectivity index is 1.66. The molecule has 3 rings (SSSR count). The van der Waals surface area contributed by atoms with E-state index in [1.165, 1.54) is 6.07 Å². The van der Waals surface area contributed by atoms with Crippen molar-refractivity contribution >= 4 is 23.4 Å². The fourth-order valence-corrected chi connectivity index (χ4v) is 3.39. The van der Waals surface area contributed by atoms with Crippen molar-refractivity contribution in [3.8, 4) is 5.75 Å². The van der Waals surface area contributed by atoms with Crippen LogP contribution in [0.15, 0.2) is 53.7 Å². The summed E-state index contributed by atoms with van der Waals surface area (Å²) in [4.78, 5) is 0. The Kier molecular flexibility index (Phi) is 5.94. The van der Waals surface area contributed by atoms with Crippen LogP contribution in [-0.4, -0.2) is 14.8 Å². The Labute approximate surface area is 155 Å². The lowest BCUT2D eigenvalue weighted by Crippen LogP contribution is -2.07. The number of halogens is 2. The van der Waals surface area contributed by atoms with E-state index in [9.17, 15) is 4.39 Å². The number of ether oxygens (including phenoxy) is 1. The van der Waals surface area contributed by atoms with Gasteiger partial charge < -0.3 is 9.30 Å². The van der Waals surface area contributed by atoms with Gasteiger partial charge in [-0.15, -0.1) is 10.2 Å². The fraction of sp³-hybridized carbons (Fsp3) is 0.222. The van der Waals surface area contributed by atoms with E-state index in [1.807, 2.05) is 35.8 Å². The van der Waals surface area contributed by atoms with Crippen molar-refractivity contribution in [1.82, 2.24) is 14.8 Å². The minimum absolute atomic E-state index is 0.170. The highest BCUT2D eigenvalue weighted by Gasteiger charge is 2.13. The molecule has 0 N–H and O–H groups in total. The molecule has 0 amide bonds. The first-order valence-electron chi connectivity index (χ1n) is 7.84. The Morgan fingerprint density at radius 3 is 2.60 bits per heavy atom. The van der Waals surface area contributed by atoms with Crippen molar-refractivity contribution < 1.29 is 9.13 Å². The maximum atomic E-state index is 13.6. The number of para-hydroxylation sites is 1. The molecule has 130 valence electrons. The summed E-state index contributed by atoms with van der Waals surface area (Å²) in [7, 11) is 0. The largest absolute Gasteiger partial charge is 0.483 e. The van der Waals surface area contributed by atoms with Gasteiger partial charge in [0, 0.05) is 17.3 Å². The number of aromatic nitrogens is 3. The van der Waals surface area contributed by atoms with Crippen LogP contribution in [0.25, 0.3) is 0 Å². The summed E-state index contributed by atoms with van der Waals surface area (Å²) < 4.78 is 21.1. The lowest BCUT2D eigenvalue weighted by molar-refractivity contribution is 0.274. The number of rotatable bonds is 7. The second-order valence-corrected chi connectivity index (χ2v) is 6.66. The van der Waals surface area contributed by atoms with E-state index in [0.29, 0.717) is 12.4 Å². The van der Waals surface area contributed by atoms with Crippen molar-refractivity contribution in [1.29, 1.82) is 0 Å². The Bertz CT molecular complexity index is 839. The van der Waals surface area contributed by atoms with Crippen molar-refractivity contribution in [2.75, 3.05) is 0 Å². The predicted molar refractivity (Wildman–Crippen MR) is 97.4 cm³/mol. The fourth-order valence-electron chi connectivity index (χ4n) is 2.28. The summed E-state index contributed by atoms with van der Waals surface area (Å²) in [5, 5.41) is 9.94. The maximum absolute atomic E-state index is 13.6. The predicted octanol–water partition coefficient (Wildman–Crippen LogP) is 4.96. The van der Waals surface area contributed by atoms with Crippen LogP contribution in [0.3, 0.4) is 0 Å². The lowest BCUT2D eigenvalue weighted by Gasteiger charge is -2.09. The summed E-state index contributed by atoms with van der Waals surface area (Å²) in [6.07, 6.45) is 0. The molecule has 25 heavy (non-hydrogen) atoms. The van der Waals surface area contributed by atoms with Crippen LogP contribution < -0.4 is 4.74 Å². The van der Waals surface area contributed by atoms with Crippen molar-refractivity contribution in [2.24, 2.45) is 0 Å². The monoisotopic (exact) mass is 377 g/mol. The van der Waals surface area contributed by atoms with E-state index in [0.717, 1.165) is 21.5 Å². The first-order chi connectivity index (χ1) is 12.2. The van der Waals surface area contributed by atoms with Gasteiger partial charge in [0.05, 0.1) is 0 Å². The smallest absolute Gasteiger partial charge is 0.191 e. The second kappa shape index (κ2) is 8.36. The van der Waals surface area contributed by atoms with Crippen LogP contribution in [0.4, 0.5) is 4.39 Å². The topological polar surface area (TPSA) is 39.9 Å². The van der Waals surface area contributed by atoms with Crippen molar-refractivity contribution in [3.63, 3.8) is 0 Å². The average Bonchev–Trinajstić information content (AvgIpc) is 3.02. The van der Waals surface area contributed by atoms with Crippen molar-refractivity contribution in [2.45, 2.75) is 31.0 Å². The Morgan fingerprint density at radius 1 is 1.12 bits per heavy atom. The molecule has 0 bridgehead atoms. The maximum Gasteiger partial charge on any atom is 0.191 e. The van der Waals surface area contributed by atoms with Gasteiger partial charge in [0.2, 0.25) is 0 Å². The molecule has 0 fully saturated rings. The molecule has 0 unspecified atom stereocenters. The molecule has 7 heteroatoms. The molecule has 1 heterocycles. The summed E-state index contributed by atoms with van der Waals surface area (Å²) in [6.45, 7) is 2.90. The number of benzene rings is 2. The lowest BCUT2D eigenvalue weighted by atomic mass is 10.2. The molecule has 0 atom stereocenters. The van der Waals surface area contributed by atoms with Crippen LogP contribution in [0.1, 0.15) is 18.3 Å². The summed E-state index contributed by atoms with van der Waals surface area (Å²) in [5.41, 5.74) is 1.16. The van der Waals surface area contributed by atoms with Crippen LogP contribution in [-0.2, 0) is 18.9 Å². The normalized spacial score (nSPS) is 10.8. The molecule has 0 aliphatic carbocycles. The van der Waals surface area contributed by atoms with Gasteiger partial charge in [-0.2, -0.15) is 0 Å². The van der Waals surface area contributed by atoms with E-state index in [-0.39, 0.29) is 18.2 Å². The third kappa shape index (κ3) is 4.52. The van der Waals surface area contributed by atoms with Gasteiger partial charge in [0.1, 0.15) is 6.61 Å². The molecular weight excluding hydrogens is 361 g/mol. The molecule has 0 aliphatic rings. The zero-order chi connectivity index (χ0) is 17.6. The number of hydrogen-bond donors (Lipinski definition) is 0. The molecule has 0 radical (unpaired) electrons. The molecule has 4 nitrogen and oxygen atoms in total. The molecule has 0 saturated heterocycles. The minimum Gasteiger partial charge on any atom is -0.483 e. The zero-order valence-electron chi connectivity index (χ0n) is 13.7. The van der Waals surface area contributed by atoms with E-state index < -0.39 is 0 Å². The molecule has 0 spiro atoms. The molecule has 3 aromatic rings. The SMILES string of the molecule is CCn1c(COc2ccccc2F)nnc1SCc1ccc(Cl)cc1. The van der Waals surface area contributed by atoms with E-state index in [2.05, 4.69) is 10.2 Å². The van der Waals surface area contributed by atoms with Crippen molar-refractivity contribution in [3.05, 3.63) is 70.8 Å². The van der Waals surface area contributed by atoms with E-state index in [1.54, 1.807) is 30.0 Å². The van der Waals surface area contributed by atoms with Gasteiger partial charge >= 0.3 is 0 Å². The highest BCUT2D eigenvalue weighted by Crippen LogP contribution is 2.24. The van der Waals surface area contributed by atoms with Crippen LogP contribution in [0, 0.1) is 5.82 Å². The van der Waals surface area contributed by atoms with E-state index >= 15 is 0 Å². The quantitative estimate of drug-likeness (QED) is 0.545. The molecule has 0 aliphatic heterocycles. The van der Waals surface area contributed by atoms with Gasteiger partial charge in [0.15, 0.2) is 22.5 Å². The van der Waals surface area contributed by atoms with Crippen LogP contribution >= 0.6 is 23.4 Å². The third-order valence-corrected chi connectivity index (χ3v) is 4.87. The summed E-state index contributed by atoms with van der Waals surface area (Å²) in [6, 6.07) is 14.0. The van der Waals surface area contributed by atoms with Gasteiger partial charge in [-0.1, -0.05) is 47.6 Å². The zero-order valence-corrected chi connectivity index (χ0v) is 15.2. The molecule has 0 saturated carbocycles. The standard InChI is InChI=1S/C18H17ClFN3OS/c1-2-23-17(11-24-16-6-4-3-5-15(16)20)21-22-18(23)25-12-13-7-9-14(19)10-8-13/h3-10H,2,11-12H2,1H3. The average molecular weight is 378 g/mol. The van der Waals surface area contributed by atoms with Crippen LogP contribution in [0.5, 0.6) is 5.75 Å². The van der Waals surface area contributed by atoms with Gasteiger partial charge in [-0.3, -0.25) is 0 Å². The second-order valence-electron chi connectivity index (χ2n) is 5.28.